The van der Waals surface area contributed by atoms with E-state index in [9.17, 15) is 13.2 Å². The number of carbonyl (C=O) groups excluding carboxylic acids is 1. The molecule has 2 rings (SSSR count). The molecular weight excluding hydrogens is 382 g/mol. The van der Waals surface area contributed by atoms with Gasteiger partial charge < -0.3 is 14.2 Å². The molecule has 0 bridgehead atoms. The van der Waals surface area contributed by atoms with Crippen LogP contribution in [0.25, 0.3) is 0 Å². The fourth-order valence-corrected chi connectivity index (χ4v) is 3.63. The molecule has 0 fully saturated rings. The van der Waals surface area contributed by atoms with Crippen LogP contribution in [0.4, 0.5) is 0 Å². The summed E-state index contributed by atoms with van der Waals surface area (Å²) < 4.78 is 42.2. The van der Waals surface area contributed by atoms with Crippen molar-refractivity contribution in [1.29, 1.82) is 0 Å². The standard InChI is InChI=1S/C17H18ClNO6S/c1-23-13-4-3-5-14(11-13)25-9-8-19-26(21,22)16-7-6-12(10-15(16)18)17(20)24-2/h3-7,10-11,19H,8-9H2,1-2H3. The van der Waals surface area contributed by atoms with Gasteiger partial charge in [-0.25, -0.2) is 17.9 Å². The van der Waals surface area contributed by atoms with E-state index in [2.05, 4.69) is 9.46 Å². The van der Waals surface area contributed by atoms with Crippen LogP contribution >= 0.6 is 11.6 Å². The molecule has 0 aromatic heterocycles. The Labute approximate surface area is 156 Å². The van der Waals surface area contributed by atoms with Crippen LogP contribution in [-0.4, -0.2) is 41.8 Å². The lowest BCUT2D eigenvalue weighted by Crippen LogP contribution is -2.28. The predicted octanol–water partition coefficient (Wildman–Crippen LogP) is 2.49. The largest absolute Gasteiger partial charge is 0.497 e. The number of ether oxygens (including phenoxy) is 3. The van der Waals surface area contributed by atoms with E-state index in [4.69, 9.17) is 21.1 Å². The molecule has 0 atom stereocenters. The van der Waals surface area contributed by atoms with E-state index in [-0.39, 0.29) is 28.6 Å². The zero-order valence-corrected chi connectivity index (χ0v) is 15.8. The first-order valence-electron chi connectivity index (χ1n) is 7.52. The molecule has 2 aromatic carbocycles. The van der Waals surface area contributed by atoms with Crippen molar-refractivity contribution in [3.05, 3.63) is 53.1 Å². The van der Waals surface area contributed by atoms with Gasteiger partial charge in [0.15, 0.2) is 0 Å². The number of esters is 1. The van der Waals surface area contributed by atoms with Crippen molar-refractivity contribution in [3.63, 3.8) is 0 Å². The minimum atomic E-state index is -3.85. The minimum absolute atomic E-state index is 0.0363. The molecule has 0 spiro atoms. The summed E-state index contributed by atoms with van der Waals surface area (Å²) in [5.74, 6) is 0.597. The molecule has 0 unspecified atom stereocenters. The first-order chi connectivity index (χ1) is 12.4. The summed E-state index contributed by atoms with van der Waals surface area (Å²) in [5.41, 5.74) is 0.165. The molecule has 0 radical (unpaired) electrons. The van der Waals surface area contributed by atoms with Crippen molar-refractivity contribution in [3.8, 4) is 11.5 Å². The van der Waals surface area contributed by atoms with Crippen molar-refractivity contribution in [2.24, 2.45) is 0 Å². The van der Waals surface area contributed by atoms with Crippen molar-refractivity contribution in [1.82, 2.24) is 4.72 Å². The summed E-state index contributed by atoms with van der Waals surface area (Å²) >= 11 is 5.98. The summed E-state index contributed by atoms with van der Waals surface area (Å²) in [4.78, 5) is 11.3. The van der Waals surface area contributed by atoms with E-state index in [0.717, 1.165) is 0 Å². The monoisotopic (exact) mass is 399 g/mol. The highest BCUT2D eigenvalue weighted by atomic mass is 35.5. The van der Waals surface area contributed by atoms with E-state index in [1.807, 2.05) is 0 Å². The lowest BCUT2D eigenvalue weighted by Gasteiger charge is -2.11. The number of hydrogen-bond donors (Lipinski definition) is 1. The topological polar surface area (TPSA) is 90.9 Å². The molecule has 0 aliphatic carbocycles. The predicted molar refractivity (Wildman–Crippen MR) is 96.5 cm³/mol. The molecule has 0 saturated carbocycles. The van der Waals surface area contributed by atoms with E-state index in [0.29, 0.717) is 11.5 Å². The Bertz CT molecular complexity index is 885. The number of sulfonamides is 1. The Morgan fingerprint density at radius 1 is 1.12 bits per heavy atom. The van der Waals surface area contributed by atoms with Crippen molar-refractivity contribution in [2.45, 2.75) is 4.90 Å². The van der Waals surface area contributed by atoms with Gasteiger partial charge in [-0.1, -0.05) is 17.7 Å². The van der Waals surface area contributed by atoms with E-state index < -0.39 is 16.0 Å². The van der Waals surface area contributed by atoms with Gasteiger partial charge in [-0.2, -0.15) is 0 Å². The third-order valence-electron chi connectivity index (χ3n) is 3.35. The Morgan fingerprint density at radius 2 is 1.85 bits per heavy atom. The van der Waals surface area contributed by atoms with Crippen LogP contribution in [0.15, 0.2) is 47.4 Å². The molecule has 0 saturated heterocycles. The van der Waals surface area contributed by atoms with Gasteiger partial charge >= 0.3 is 5.97 Å². The van der Waals surface area contributed by atoms with E-state index in [1.54, 1.807) is 31.4 Å². The molecule has 2 aromatic rings. The van der Waals surface area contributed by atoms with Gasteiger partial charge in [-0.15, -0.1) is 0 Å². The number of nitrogens with one attached hydrogen (secondary N) is 1. The van der Waals surface area contributed by atoms with Crippen LogP contribution in [0.3, 0.4) is 0 Å². The lowest BCUT2D eigenvalue weighted by atomic mass is 10.2. The smallest absolute Gasteiger partial charge is 0.337 e. The second-order valence-electron chi connectivity index (χ2n) is 5.06. The maximum absolute atomic E-state index is 12.3. The number of halogens is 1. The summed E-state index contributed by atoms with van der Waals surface area (Å²) in [5, 5.41) is -0.0749. The number of hydrogen-bond acceptors (Lipinski definition) is 6. The number of carbonyl (C=O) groups is 1. The Kier molecular flexibility index (Phi) is 6.84. The average molecular weight is 400 g/mol. The van der Waals surface area contributed by atoms with Crippen LogP contribution in [0.2, 0.25) is 5.02 Å². The van der Waals surface area contributed by atoms with E-state index >= 15 is 0 Å². The van der Waals surface area contributed by atoms with Gasteiger partial charge in [0.1, 0.15) is 23.0 Å². The second kappa shape index (κ2) is 8.88. The van der Waals surface area contributed by atoms with Gasteiger partial charge in [-0.3, -0.25) is 0 Å². The van der Waals surface area contributed by atoms with Gasteiger partial charge in [0.05, 0.1) is 24.8 Å². The molecule has 9 heteroatoms. The van der Waals surface area contributed by atoms with Crippen molar-refractivity contribution >= 4 is 27.6 Å². The maximum atomic E-state index is 12.3. The third kappa shape index (κ3) is 5.10. The average Bonchev–Trinajstić information content (AvgIpc) is 2.64. The van der Waals surface area contributed by atoms with Gasteiger partial charge in [0, 0.05) is 12.6 Å². The van der Waals surface area contributed by atoms with Gasteiger partial charge in [0.2, 0.25) is 10.0 Å². The highest BCUT2D eigenvalue weighted by molar-refractivity contribution is 7.89. The first kappa shape index (κ1) is 20.0. The molecule has 1 N–H and O–H groups in total. The fourth-order valence-electron chi connectivity index (χ4n) is 2.08. The normalized spacial score (nSPS) is 11.0. The number of rotatable bonds is 8. The molecule has 0 aliphatic heterocycles. The molecule has 26 heavy (non-hydrogen) atoms. The van der Waals surface area contributed by atoms with Crippen LogP contribution in [0, 0.1) is 0 Å². The molecule has 0 amide bonds. The SMILES string of the molecule is COC(=O)c1ccc(S(=O)(=O)NCCOc2cccc(OC)c2)c(Cl)c1. The Balaban J connectivity index is 1.97. The Morgan fingerprint density at radius 3 is 2.50 bits per heavy atom. The molecule has 140 valence electrons. The Hall–Kier alpha value is -2.29. The van der Waals surface area contributed by atoms with Crippen LogP contribution in [0.5, 0.6) is 11.5 Å². The fraction of sp³-hybridized carbons (Fsp3) is 0.235. The maximum Gasteiger partial charge on any atom is 0.337 e. The zero-order valence-electron chi connectivity index (χ0n) is 14.2. The highest BCUT2D eigenvalue weighted by Crippen LogP contribution is 2.23. The van der Waals surface area contributed by atoms with Crippen molar-refractivity contribution < 1.29 is 27.4 Å². The number of methoxy groups -OCH3 is 2. The summed E-state index contributed by atoms with van der Waals surface area (Å²) in [6.45, 7) is 0.152. The molecular formula is C17H18ClNO6S. The van der Waals surface area contributed by atoms with Gasteiger partial charge in [0.25, 0.3) is 0 Å². The quantitative estimate of drug-likeness (QED) is 0.541. The zero-order chi connectivity index (χ0) is 19.2. The first-order valence-corrected chi connectivity index (χ1v) is 9.38. The van der Waals surface area contributed by atoms with Crippen LogP contribution < -0.4 is 14.2 Å². The minimum Gasteiger partial charge on any atom is -0.497 e. The molecule has 7 nitrogen and oxygen atoms in total. The highest BCUT2D eigenvalue weighted by Gasteiger charge is 2.19. The van der Waals surface area contributed by atoms with Crippen LogP contribution in [-0.2, 0) is 14.8 Å². The second-order valence-corrected chi connectivity index (χ2v) is 7.20. The van der Waals surface area contributed by atoms with Crippen LogP contribution in [0.1, 0.15) is 10.4 Å². The summed E-state index contributed by atoms with van der Waals surface area (Å²) in [7, 11) is -1.08. The summed E-state index contributed by atoms with van der Waals surface area (Å²) in [6.07, 6.45) is 0. The summed E-state index contributed by atoms with van der Waals surface area (Å²) in [6, 6.07) is 10.8. The number of benzene rings is 2. The third-order valence-corrected chi connectivity index (χ3v) is 5.29. The van der Waals surface area contributed by atoms with E-state index in [1.165, 1.54) is 25.3 Å². The lowest BCUT2D eigenvalue weighted by molar-refractivity contribution is 0.0600. The van der Waals surface area contributed by atoms with Crippen molar-refractivity contribution in [2.75, 3.05) is 27.4 Å². The molecule has 0 heterocycles. The molecule has 0 aliphatic rings. The van der Waals surface area contributed by atoms with Gasteiger partial charge in [-0.05, 0) is 30.3 Å².